The number of benzene rings is 4. The highest BCUT2D eigenvalue weighted by atomic mass is 16.4. The molecule has 2 heterocycles. The van der Waals surface area contributed by atoms with E-state index in [1.807, 2.05) is 18.2 Å². The molecular formula is C30H20O9. The maximum Gasteiger partial charge on any atom is 0.238 e. The topological polar surface area (TPSA) is 162 Å². The quantitative estimate of drug-likeness (QED) is 0.198. The molecule has 0 aliphatic carbocycles. The van der Waals surface area contributed by atoms with E-state index in [2.05, 4.69) is 0 Å². The first-order chi connectivity index (χ1) is 18.8. The van der Waals surface area contributed by atoms with Gasteiger partial charge in [0, 0.05) is 17.7 Å². The minimum absolute atomic E-state index is 0.103. The van der Waals surface area contributed by atoms with Crippen molar-refractivity contribution >= 4 is 21.9 Å². The molecule has 0 amide bonds. The van der Waals surface area contributed by atoms with Crippen molar-refractivity contribution in [3.05, 3.63) is 111 Å². The maximum atomic E-state index is 12.1. The summed E-state index contributed by atoms with van der Waals surface area (Å²) in [5.41, 5.74) is -0.0925. The fourth-order valence-electron chi connectivity index (χ4n) is 4.04. The van der Waals surface area contributed by atoms with E-state index in [-0.39, 0.29) is 45.3 Å². The summed E-state index contributed by atoms with van der Waals surface area (Å²) in [7, 11) is 0. The number of aromatic hydroxyl groups is 5. The second-order valence-corrected chi connectivity index (χ2v) is 8.44. The van der Waals surface area contributed by atoms with Crippen LogP contribution in [-0.2, 0) is 0 Å². The van der Waals surface area contributed by atoms with Crippen LogP contribution in [-0.4, -0.2) is 25.5 Å². The van der Waals surface area contributed by atoms with Gasteiger partial charge in [-0.2, -0.15) is 0 Å². The SMILES string of the molecule is O=c1c(O)c(-c2ccccc2)oc2ccccc12.O=c1c(O)c(-c2ccccc2O)oc2cc(O)cc(O)c12. The van der Waals surface area contributed by atoms with Crippen LogP contribution in [0.2, 0.25) is 0 Å². The lowest BCUT2D eigenvalue weighted by Gasteiger charge is -2.08. The molecule has 2 aromatic heterocycles. The van der Waals surface area contributed by atoms with E-state index in [0.29, 0.717) is 16.5 Å². The predicted octanol–water partition coefficient (Wildman–Crippen LogP) is 5.45. The largest absolute Gasteiger partial charge is 0.508 e. The molecule has 194 valence electrons. The van der Waals surface area contributed by atoms with Crippen LogP contribution in [0.15, 0.2) is 109 Å². The lowest BCUT2D eigenvalue weighted by Crippen LogP contribution is -2.03. The minimum atomic E-state index is -0.855. The zero-order valence-electron chi connectivity index (χ0n) is 20.0. The smallest absolute Gasteiger partial charge is 0.238 e. The van der Waals surface area contributed by atoms with Gasteiger partial charge in [0.05, 0.1) is 10.9 Å². The summed E-state index contributed by atoms with van der Waals surface area (Å²) in [4.78, 5) is 24.1. The Bertz CT molecular complexity index is 1950. The van der Waals surface area contributed by atoms with E-state index in [9.17, 15) is 35.1 Å². The third-order valence-electron chi connectivity index (χ3n) is 5.89. The molecule has 6 rings (SSSR count). The summed E-state index contributed by atoms with van der Waals surface area (Å²) in [5.74, 6) is -2.09. The first-order valence-corrected chi connectivity index (χ1v) is 11.6. The summed E-state index contributed by atoms with van der Waals surface area (Å²) in [6.07, 6.45) is 0. The van der Waals surface area contributed by atoms with Gasteiger partial charge in [-0.3, -0.25) is 9.59 Å². The van der Waals surface area contributed by atoms with Crippen LogP contribution in [0.1, 0.15) is 0 Å². The molecule has 0 saturated carbocycles. The highest BCUT2D eigenvalue weighted by Crippen LogP contribution is 2.38. The van der Waals surface area contributed by atoms with Crippen LogP contribution in [0.5, 0.6) is 28.7 Å². The molecule has 9 nitrogen and oxygen atoms in total. The summed E-state index contributed by atoms with van der Waals surface area (Å²) >= 11 is 0. The summed E-state index contributed by atoms with van der Waals surface area (Å²) in [5, 5.41) is 49.0. The molecule has 9 heteroatoms. The molecule has 0 atom stereocenters. The fourth-order valence-corrected chi connectivity index (χ4v) is 4.04. The monoisotopic (exact) mass is 524 g/mol. The van der Waals surface area contributed by atoms with Gasteiger partial charge in [-0.1, -0.05) is 54.6 Å². The van der Waals surface area contributed by atoms with Gasteiger partial charge in [0.15, 0.2) is 11.5 Å². The highest BCUT2D eigenvalue weighted by molar-refractivity contribution is 5.88. The molecule has 0 fully saturated rings. The molecule has 5 N–H and O–H groups in total. The first-order valence-electron chi connectivity index (χ1n) is 11.6. The number of fused-ring (bicyclic) bond motifs is 2. The number of hydrogen-bond donors (Lipinski definition) is 5. The van der Waals surface area contributed by atoms with Gasteiger partial charge in [0.25, 0.3) is 0 Å². The molecular weight excluding hydrogens is 504 g/mol. The number of phenolic OH excluding ortho intramolecular Hbond substituents is 3. The van der Waals surface area contributed by atoms with Crippen molar-refractivity contribution in [1.29, 1.82) is 0 Å². The van der Waals surface area contributed by atoms with Gasteiger partial charge in [0.1, 0.15) is 33.8 Å². The Kier molecular flexibility index (Phi) is 6.39. The van der Waals surface area contributed by atoms with Crippen LogP contribution in [0, 0.1) is 0 Å². The molecule has 4 aromatic carbocycles. The zero-order chi connectivity index (χ0) is 27.7. The third kappa shape index (κ3) is 4.60. The van der Waals surface area contributed by atoms with Crippen molar-refractivity contribution in [2.24, 2.45) is 0 Å². The molecule has 39 heavy (non-hydrogen) atoms. The third-order valence-corrected chi connectivity index (χ3v) is 5.89. The predicted molar refractivity (Wildman–Crippen MR) is 144 cm³/mol. The van der Waals surface area contributed by atoms with Gasteiger partial charge in [-0.25, -0.2) is 0 Å². The van der Waals surface area contributed by atoms with Crippen LogP contribution in [0.25, 0.3) is 44.6 Å². The summed E-state index contributed by atoms with van der Waals surface area (Å²) in [6.45, 7) is 0. The van der Waals surface area contributed by atoms with Gasteiger partial charge < -0.3 is 34.4 Å². The fraction of sp³-hybridized carbons (Fsp3) is 0. The molecule has 0 unspecified atom stereocenters. The molecule has 0 saturated heterocycles. The van der Waals surface area contributed by atoms with Crippen molar-refractivity contribution in [3.63, 3.8) is 0 Å². The average Bonchev–Trinajstić information content (AvgIpc) is 2.93. The zero-order valence-corrected chi connectivity index (χ0v) is 20.0. The van der Waals surface area contributed by atoms with E-state index in [1.54, 1.807) is 48.5 Å². The molecule has 0 aliphatic heterocycles. The van der Waals surface area contributed by atoms with Crippen LogP contribution >= 0.6 is 0 Å². The Labute approximate surface area is 219 Å². The number of para-hydroxylation sites is 2. The first kappa shape index (κ1) is 25.0. The second kappa shape index (κ2) is 9.98. The molecule has 0 aliphatic rings. The Balaban J connectivity index is 0.000000160. The average molecular weight is 524 g/mol. The van der Waals surface area contributed by atoms with Gasteiger partial charge in [-0.15, -0.1) is 0 Å². The van der Waals surface area contributed by atoms with Crippen molar-refractivity contribution in [2.75, 3.05) is 0 Å². The number of phenols is 3. The van der Waals surface area contributed by atoms with E-state index >= 15 is 0 Å². The number of rotatable bonds is 2. The standard InChI is InChI=1S/C15H10O6.C15H10O3/c16-7-5-10(18)12-11(6-7)21-15(14(20)13(12)19)8-3-1-2-4-9(8)17;16-13-11-8-4-5-9-12(11)18-15(14(13)17)10-6-2-1-3-7-10/h1-6,16-18,20H;1-9,17H. The van der Waals surface area contributed by atoms with E-state index in [1.165, 1.54) is 12.1 Å². The Morgan fingerprint density at radius 3 is 1.90 bits per heavy atom. The van der Waals surface area contributed by atoms with Crippen molar-refractivity contribution in [3.8, 4) is 51.4 Å². The van der Waals surface area contributed by atoms with Crippen molar-refractivity contribution in [1.82, 2.24) is 0 Å². The highest BCUT2D eigenvalue weighted by Gasteiger charge is 2.20. The molecule has 0 bridgehead atoms. The Morgan fingerprint density at radius 1 is 0.538 bits per heavy atom. The molecule has 6 aromatic rings. The van der Waals surface area contributed by atoms with E-state index in [0.717, 1.165) is 12.1 Å². The van der Waals surface area contributed by atoms with Crippen molar-refractivity contribution in [2.45, 2.75) is 0 Å². The van der Waals surface area contributed by atoms with E-state index < -0.39 is 22.4 Å². The van der Waals surface area contributed by atoms with Gasteiger partial charge in [0.2, 0.25) is 22.4 Å². The lowest BCUT2D eigenvalue weighted by molar-refractivity contribution is 0.435. The minimum Gasteiger partial charge on any atom is -0.508 e. The summed E-state index contributed by atoms with van der Waals surface area (Å²) < 4.78 is 11.0. The van der Waals surface area contributed by atoms with Crippen molar-refractivity contribution < 1.29 is 34.4 Å². The Morgan fingerprint density at radius 2 is 1.15 bits per heavy atom. The molecule has 0 spiro atoms. The van der Waals surface area contributed by atoms with E-state index in [4.69, 9.17) is 8.83 Å². The lowest BCUT2D eigenvalue weighted by atomic mass is 10.1. The maximum absolute atomic E-state index is 12.1. The van der Waals surface area contributed by atoms with Crippen LogP contribution in [0.4, 0.5) is 0 Å². The van der Waals surface area contributed by atoms with Crippen LogP contribution in [0.3, 0.4) is 0 Å². The van der Waals surface area contributed by atoms with Gasteiger partial charge in [-0.05, 0) is 24.3 Å². The molecule has 0 radical (unpaired) electrons. The Hall–Kier alpha value is -5.70. The normalized spacial score (nSPS) is 10.8. The van der Waals surface area contributed by atoms with Crippen LogP contribution < -0.4 is 10.9 Å². The summed E-state index contributed by atoms with van der Waals surface area (Å²) in [6, 6.07) is 24.1. The van der Waals surface area contributed by atoms with Gasteiger partial charge >= 0.3 is 0 Å². The number of hydrogen-bond acceptors (Lipinski definition) is 9. The second-order valence-electron chi connectivity index (χ2n) is 8.44.